The van der Waals surface area contributed by atoms with E-state index in [1.165, 1.54) is 11.0 Å². The number of rotatable bonds is 3. The molecule has 0 saturated carbocycles. The summed E-state index contributed by atoms with van der Waals surface area (Å²) in [5.74, 6) is 0.193. The number of aryl methyl sites for hydroxylation is 1. The van der Waals surface area contributed by atoms with Gasteiger partial charge >= 0.3 is 0 Å². The molecule has 0 aliphatic carbocycles. The molecular formula is C10H12NO2S2+. The Labute approximate surface area is 92.9 Å². The second-order valence-corrected chi connectivity index (χ2v) is 6.66. The molecule has 0 N–H and O–H groups in total. The SMILES string of the molecule is CS(=O)(=O)CC[n+]1csc2ccccc21. The molecule has 0 aliphatic rings. The summed E-state index contributed by atoms with van der Waals surface area (Å²) in [4.78, 5) is 0. The molecule has 2 aromatic rings. The molecule has 80 valence electrons. The maximum atomic E-state index is 11.1. The largest absolute Gasteiger partial charge is 0.229 e. The first-order chi connectivity index (χ1) is 7.06. The van der Waals surface area contributed by atoms with E-state index in [-0.39, 0.29) is 5.75 Å². The van der Waals surface area contributed by atoms with E-state index in [1.54, 1.807) is 11.3 Å². The van der Waals surface area contributed by atoms with E-state index in [2.05, 4.69) is 0 Å². The Morgan fingerprint density at radius 3 is 2.80 bits per heavy atom. The molecule has 3 nitrogen and oxygen atoms in total. The fourth-order valence-electron chi connectivity index (χ4n) is 1.41. The summed E-state index contributed by atoms with van der Waals surface area (Å²) in [6, 6.07) is 8.00. The van der Waals surface area contributed by atoms with Crippen molar-refractivity contribution < 1.29 is 13.0 Å². The van der Waals surface area contributed by atoms with E-state index in [0.29, 0.717) is 6.54 Å². The van der Waals surface area contributed by atoms with Gasteiger partial charge in [-0.25, -0.2) is 8.42 Å². The minimum absolute atomic E-state index is 0.193. The molecule has 2 rings (SSSR count). The van der Waals surface area contributed by atoms with Gasteiger partial charge in [-0.15, -0.1) is 0 Å². The van der Waals surface area contributed by atoms with Gasteiger partial charge in [-0.1, -0.05) is 23.5 Å². The number of para-hydroxylation sites is 1. The molecule has 0 spiro atoms. The lowest BCUT2D eigenvalue weighted by atomic mass is 10.3. The van der Waals surface area contributed by atoms with Crippen LogP contribution in [0.3, 0.4) is 0 Å². The van der Waals surface area contributed by atoms with Gasteiger partial charge in [-0.05, 0) is 6.07 Å². The van der Waals surface area contributed by atoms with E-state index in [0.717, 1.165) is 5.52 Å². The van der Waals surface area contributed by atoms with Gasteiger partial charge in [0, 0.05) is 12.3 Å². The Morgan fingerprint density at radius 1 is 1.33 bits per heavy atom. The highest BCUT2D eigenvalue weighted by Crippen LogP contribution is 2.14. The molecule has 0 bridgehead atoms. The molecule has 0 amide bonds. The molecule has 1 heterocycles. The maximum absolute atomic E-state index is 11.1. The fraction of sp³-hybridized carbons (Fsp3) is 0.300. The zero-order valence-electron chi connectivity index (χ0n) is 8.38. The van der Waals surface area contributed by atoms with Gasteiger partial charge in [0.1, 0.15) is 10.5 Å². The van der Waals surface area contributed by atoms with Crippen molar-refractivity contribution in [1.29, 1.82) is 0 Å². The van der Waals surface area contributed by atoms with Crippen LogP contribution in [0.1, 0.15) is 0 Å². The number of aromatic nitrogens is 1. The lowest BCUT2D eigenvalue weighted by Crippen LogP contribution is -2.35. The quantitative estimate of drug-likeness (QED) is 0.759. The highest BCUT2D eigenvalue weighted by atomic mass is 32.2. The summed E-state index contributed by atoms with van der Waals surface area (Å²) >= 11 is 1.63. The maximum Gasteiger partial charge on any atom is 0.225 e. The second-order valence-electron chi connectivity index (χ2n) is 3.51. The Balaban J connectivity index is 2.29. The monoisotopic (exact) mass is 242 g/mol. The molecule has 0 radical (unpaired) electrons. The number of hydrogen-bond donors (Lipinski definition) is 0. The Kier molecular flexibility index (Phi) is 2.75. The summed E-state index contributed by atoms with van der Waals surface area (Å²) in [7, 11) is -2.89. The number of benzene rings is 1. The molecule has 0 atom stereocenters. The summed E-state index contributed by atoms with van der Waals surface area (Å²) < 4.78 is 25.3. The first-order valence-corrected chi connectivity index (χ1v) is 7.54. The lowest BCUT2D eigenvalue weighted by molar-refractivity contribution is -0.662. The smallest absolute Gasteiger partial charge is 0.225 e. The third-order valence-electron chi connectivity index (χ3n) is 2.18. The minimum Gasteiger partial charge on any atom is -0.229 e. The van der Waals surface area contributed by atoms with Crippen molar-refractivity contribution in [3.8, 4) is 0 Å². The van der Waals surface area contributed by atoms with Crippen molar-refractivity contribution in [2.24, 2.45) is 0 Å². The zero-order valence-corrected chi connectivity index (χ0v) is 10.0. The Morgan fingerprint density at radius 2 is 2.07 bits per heavy atom. The summed E-state index contributed by atoms with van der Waals surface area (Å²) in [5, 5.41) is 0. The summed E-state index contributed by atoms with van der Waals surface area (Å²) in [5.41, 5.74) is 3.07. The van der Waals surface area contributed by atoms with E-state index < -0.39 is 9.84 Å². The van der Waals surface area contributed by atoms with Crippen molar-refractivity contribution in [1.82, 2.24) is 0 Å². The second kappa shape index (κ2) is 3.90. The van der Waals surface area contributed by atoms with E-state index in [9.17, 15) is 8.42 Å². The molecule has 0 saturated heterocycles. The van der Waals surface area contributed by atoms with Gasteiger partial charge in [0.25, 0.3) is 0 Å². The van der Waals surface area contributed by atoms with Gasteiger partial charge in [0.05, 0.1) is 0 Å². The van der Waals surface area contributed by atoms with Gasteiger partial charge in [-0.2, -0.15) is 4.57 Å². The predicted molar refractivity (Wildman–Crippen MR) is 61.7 cm³/mol. The van der Waals surface area contributed by atoms with Crippen molar-refractivity contribution in [2.75, 3.05) is 12.0 Å². The lowest BCUT2D eigenvalue weighted by Gasteiger charge is -1.93. The minimum atomic E-state index is -2.89. The highest BCUT2D eigenvalue weighted by Gasteiger charge is 2.13. The van der Waals surface area contributed by atoms with Crippen LogP contribution in [0.4, 0.5) is 0 Å². The van der Waals surface area contributed by atoms with Gasteiger partial charge < -0.3 is 0 Å². The van der Waals surface area contributed by atoms with Crippen LogP contribution in [0.5, 0.6) is 0 Å². The van der Waals surface area contributed by atoms with Crippen LogP contribution < -0.4 is 4.57 Å². The van der Waals surface area contributed by atoms with E-state index >= 15 is 0 Å². The fourth-order valence-corrected chi connectivity index (χ4v) is 2.86. The van der Waals surface area contributed by atoms with Crippen LogP contribution in [0.15, 0.2) is 29.8 Å². The molecule has 1 aromatic carbocycles. The normalized spacial score (nSPS) is 12.1. The molecule has 0 fully saturated rings. The topological polar surface area (TPSA) is 38.0 Å². The van der Waals surface area contributed by atoms with Crippen LogP contribution in [0.2, 0.25) is 0 Å². The highest BCUT2D eigenvalue weighted by molar-refractivity contribution is 7.90. The molecule has 15 heavy (non-hydrogen) atoms. The zero-order chi connectivity index (χ0) is 10.9. The van der Waals surface area contributed by atoms with Crippen LogP contribution in [-0.4, -0.2) is 20.4 Å². The number of thiazole rings is 1. The third kappa shape index (κ3) is 2.54. The molecule has 0 unspecified atom stereocenters. The third-order valence-corrected chi connectivity index (χ3v) is 4.07. The molecule has 0 aliphatic heterocycles. The van der Waals surface area contributed by atoms with E-state index in [1.807, 2.05) is 34.3 Å². The van der Waals surface area contributed by atoms with Crippen molar-refractivity contribution in [3.63, 3.8) is 0 Å². The van der Waals surface area contributed by atoms with Gasteiger partial charge in [0.15, 0.2) is 16.4 Å². The molecule has 1 aromatic heterocycles. The van der Waals surface area contributed by atoms with Crippen LogP contribution in [-0.2, 0) is 16.4 Å². The number of nitrogens with zero attached hydrogens (tertiary/aromatic N) is 1. The van der Waals surface area contributed by atoms with Crippen molar-refractivity contribution in [3.05, 3.63) is 29.8 Å². The standard InChI is InChI=1S/C10H12NO2S2/c1-15(12,13)7-6-11-8-14-10-5-3-2-4-9(10)11/h2-5,8H,6-7H2,1H3/q+1. The average Bonchev–Trinajstić information content (AvgIpc) is 2.57. The summed E-state index contributed by atoms with van der Waals surface area (Å²) in [6.07, 6.45) is 1.27. The van der Waals surface area contributed by atoms with Crippen molar-refractivity contribution >= 4 is 31.4 Å². The number of sulfone groups is 1. The first kappa shape index (κ1) is 10.6. The van der Waals surface area contributed by atoms with Crippen LogP contribution >= 0.6 is 11.3 Å². The average molecular weight is 242 g/mol. The van der Waals surface area contributed by atoms with Crippen LogP contribution in [0, 0.1) is 0 Å². The molecular weight excluding hydrogens is 230 g/mol. The first-order valence-electron chi connectivity index (χ1n) is 4.60. The Bertz CT molecular complexity index is 572. The van der Waals surface area contributed by atoms with E-state index in [4.69, 9.17) is 0 Å². The molecule has 5 heteroatoms. The summed E-state index contributed by atoms with van der Waals surface area (Å²) in [6.45, 7) is 0.531. The van der Waals surface area contributed by atoms with Gasteiger partial charge in [-0.3, -0.25) is 0 Å². The number of hydrogen-bond acceptors (Lipinski definition) is 3. The van der Waals surface area contributed by atoms with Crippen LogP contribution in [0.25, 0.3) is 10.2 Å². The number of fused-ring (bicyclic) bond motifs is 1. The van der Waals surface area contributed by atoms with Gasteiger partial charge in [0.2, 0.25) is 11.0 Å². The van der Waals surface area contributed by atoms with Crippen molar-refractivity contribution in [2.45, 2.75) is 6.54 Å². The predicted octanol–water partition coefficient (Wildman–Crippen LogP) is 1.23. The Hall–Kier alpha value is -0.940.